The number of hydrogen-bond acceptors (Lipinski definition) is 2. The summed E-state index contributed by atoms with van der Waals surface area (Å²) in [6, 6.07) is 5.85. The number of nitrogens with zero attached hydrogens (tertiary/aromatic N) is 1. The Kier molecular flexibility index (Phi) is 5.10. The summed E-state index contributed by atoms with van der Waals surface area (Å²) in [4.78, 5) is 15.4. The number of rotatable bonds is 2. The minimum Gasteiger partial charge on any atom is -0.475 e. The van der Waals surface area contributed by atoms with Crippen LogP contribution in [0.15, 0.2) is 23.2 Å². The molecule has 0 fully saturated rings. The molecule has 1 aromatic rings. The molecule has 1 unspecified atom stereocenters. The second kappa shape index (κ2) is 6.36. The van der Waals surface area contributed by atoms with Crippen LogP contribution in [0.3, 0.4) is 0 Å². The molecule has 4 nitrogen and oxygen atoms in total. The minimum absolute atomic E-state index is 0.257. The summed E-state index contributed by atoms with van der Waals surface area (Å²) < 4.78 is 5.53. The van der Waals surface area contributed by atoms with E-state index < -0.39 is 6.10 Å². The predicted molar refractivity (Wildman–Crippen MR) is 77.6 cm³/mol. The van der Waals surface area contributed by atoms with Crippen molar-refractivity contribution in [3.63, 3.8) is 0 Å². The van der Waals surface area contributed by atoms with Crippen molar-refractivity contribution >= 4 is 11.7 Å². The summed E-state index contributed by atoms with van der Waals surface area (Å²) >= 11 is 0. The van der Waals surface area contributed by atoms with Crippen molar-refractivity contribution in [1.82, 2.24) is 0 Å². The highest BCUT2D eigenvalue weighted by molar-refractivity contribution is 5.96. The van der Waals surface area contributed by atoms with Gasteiger partial charge < -0.3 is 10.5 Å². The van der Waals surface area contributed by atoms with Gasteiger partial charge in [0, 0.05) is 5.56 Å². The number of fused-ring (bicyclic) bond motifs is 1. The summed E-state index contributed by atoms with van der Waals surface area (Å²) in [7, 11) is 0. The normalized spacial score (nSPS) is 16.7. The van der Waals surface area contributed by atoms with E-state index in [2.05, 4.69) is 18.8 Å². The van der Waals surface area contributed by atoms with Crippen molar-refractivity contribution in [3.8, 4) is 5.75 Å². The van der Waals surface area contributed by atoms with Gasteiger partial charge in [-0.15, -0.1) is 0 Å². The molecule has 2 rings (SSSR count). The van der Waals surface area contributed by atoms with E-state index in [1.165, 1.54) is 0 Å². The zero-order valence-electron chi connectivity index (χ0n) is 12.2. The lowest BCUT2D eigenvalue weighted by atomic mass is 9.93. The lowest BCUT2D eigenvalue weighted by Crippen LogP contribution is -2.28. The molecule has 0 saturated heterocycles. The fourth-order valence-corrected chi connectivity index (χ4v) is 1.91. The van der Waals surface area contributed by atoms with Crippen molar-refractivity contribution in [2.24, 2.45) is 10.7 Å². The van der Waals surface area contributed by atoms with Crippen LogP contribution in [0.1, 0.15) is 57.8 Å². The quantitative estimate of drug-likeness (QED) is 0.657. The molecular weight excluding hydrogens is 240 g/mol. The molecule has 0 aliphatic carbocycles. The van der Waals surface area contributed by atoms with E-state index in [1.54, 1.807) is 6.92 Å². The maximum atomic E-state index is 11.7. The third-order valence-corrected chi connectivity index (χ3v) is 2.73. The topological polar surface area (TPSA) is 64.7 Å². The first-order valence-electron chi connectivity index (χ1n) is 6.64. The first kappa shape index (κ1) is 15.2. The molecule has 2 N–H and O–H groups in total. The van der Waals surface area contributed by atoms with Crippen LogP contribution in [-0.4, -0.2) is 11.7 Å². The molecule has 104 valence electrons. The second-order valence-electron chi connectivity index (χ2n) is 4.51. The van der Waals surface area contributed by atoms with E-state index in [9.17, 15) is 4.79 Å². The molecule has 1 aliphatic rings. The minimum atomic E-state index is -0.581. The van der Waals surface area contributed by atoms with E-state index in [4.69, 9.17) is 10.5 Å². The first-order chi connectivity index (χ1) is 9.00. The van der Waals surface area contributed by atoms with Crippen LogP contribution >= 0.6 is 0 Å². The van der Waals surface area contributed by atoms with Crippen molar-refractivity contribution in [2.45, 2.75) is 46.6 Å². The first-order valence-corrected chi connectivity index (χ1v) is 6.64. The predicted octanol–water partition coefficient (Wildman–Crippen LogP) is 3.17. The molecule has 19 heavy (non-hydrogen) atoms. The van der Waals surface area contributed by atoms with E-state index in [0.717, 1.165) is 16.9 Å². The van der Waals surface area contributed by atoms with Crippen LogP contribution in [0.4, 0.5) is 0 Å². The number of hydrogen-bond donors (Lipinski definition) is 1. The summed E-state index contributed by atoms with van der Waals surface area (Å²) in [6.45, 7) is 9.77. The molecule has 0 radical (unpaired) electrons. The van der Waals surface area contributed by atoms with Crippen LogP contribution in [-0.2, 0) is 4.79 Å². The number of aliphatic imine (C=N–C) groups is 1. The van der Waals surface area contributed by atoms with Gasteiger partial charge >= 0.3 is 0 Å². The fraction of sp³-hybridized carbons (Fsp3) is 0.467. The van der Waals surface area contributed by atoms with Crippen molar-refractivity contribution in [1.29, 1.82) is 0 Å². The number of carbonyl (C=O) groups is 1. The molecule has 1 heterocycles. The van der Waals surface area contributed by atoms with Gasteiger partial charge in [-0.05, 0) is 18.4 Å². The van der Waals surface area contributed by atoms with Gasteiger partial charge in [-0.25, -0.2) is 0 Å². The number of benzene rings is 1. The van der Waals surface area contributed by atoms with Gasteiger partial charge in [0.25, 0.3) is 5.91 Å². The molecule has 1 aliphatic heterocycles. The average Bonchev–Trinajstić information content (AvgIpc) is 2.31. The van der Waals surface area contributed by atoms with E-state index in [-0.39, 0.29) is 11.7 Å². The van der Waals surface area contributed by atoms with Gasteiger partial charge in [-0.1, -0.05) is 45.9 Å². The van der Waals surface area contributed by atoms with Gasteiger partial charge in [-0.3, -0.25) is 4.79 Å². The number of nitrogens with two attached hydrogens (primary N) is 1. The van der Waals surface area contributed by atoms with Crippen LogP contribution in [0.25, 0.3) is 0 Å². The molecule has 0 saturated carbocycles. The number of ether oxygens (including phenoxy) is 1. The number of para-hydroxylation sites is 1. The molecule has 1 amide bonds. The Morgan fingerprint density at radius 2 is 2.00 bits per heavy atom. The van der Waals surface area contributed by atoms with Crippen molar-refractivity contribution < 1.29 is 9.53 Å². The third kappa shape index (κ3) is 3.13. The Hall–Kier alpha value is -1.84. The summed E-state index contributed by atoms with van der Waals surface area (Å²) in [6.07, 6.45) is -0.581. The van der Waals surface area contributed by atoms with Gasteiger partial charge in [-0.2, -0.15) is 4.99 Å². The number of amidine groups is 1. The van der Waals surface area contributed by atoms with Crippen LogP contribution in [0.5, 0.6) is 5.75 Å². The Balaban J connectivity index is 0.000000861. The molecular formula is C15H22N2O2. The third-order valence-electron chi connectivity index (χ3n) is 2.73. The second-order valence-corrected chi connectivity index (χ2v) is 4.51. The Morgan fingerprint density at radius 3 is 2.53 bits per heavy atom. The molecule has 0 aromatic heterocycles. The van der Waals surface area contributed by atoms with Gasteiger partial charge in [0.05, 0.1) is 5.84 Å². The molecule has 1 aromatic carbocycles. The van der Waals surface area contributed by atoms with E-state index in [1.807, 2.05) is 32.0 Å². The Labute approximate surface area is 114 Å². The molecule has 4 heteroatoms. The van der Waals surface area contributed by atoms with E-state index in [0.29, 0.717) is 5.92 Å². The lowest BCUT2D eigenvalue weighted by Gasteiger charge is -2.31. The number of amides is 1. The standard InChI is InChI=1S/C13H16N2O2.C2H6/c1-7(2)9-5-4-6-10-11(9)17-12(10)13(16)15-8(3)14;1-2/h4-7,12H,1-3H3,(H2,14,15,16);1-2H3. The fourth-order valence-electron chi connectivity index (χ4n) is 1.91. The largest absolute Gasteiger partial charge is 0.475 e. The van der Waals surface area contributed by atoms with E-state index >= 15 is 0 Å². The molecule has 0 spiro atoms. The monoisotopic (exact) mass is 262 g/mol. The van der Waals surface area contributed by atoms with Gasteiger partial charge in [0.2, 0.25) is 6.10 Å². The lowest BCUT2D eigenvalue weighted by molar-refractivity contribution is -0.126. The SMILES string of the molecule is CC.CC(N)=NC(=O)C1Oc2c(C(C)C)cccc21. The van der Waals surface area contributed by atoms with Crippen LogP contribution in [0, 0.1) is 0 Å². The highest BCUT2D eigenvalue weighted by atomic mass is 16.5. The van der Waals surface area contributed by atoms with Crippen molar-refractivity contribution in [2.75, 3.05) is 0 Å². The maximum Gasteiger partial charge on any atom is 0.293 e. The summed E-state index contributed by atoms with van der Waals surface area (Å²) in [5.74, 6) is 1.12. The van der Waals surface area contributed by atoms with Crippen LogP contribution < -0.4 is 10.5 Å². The zero-order chi connectivity index (χ0) is 14.6. The highest BCUT2D eigenvalue weighted by Crippen LogP contribution is 2.44. The Morgan fingerprint density at radius 1 is 1.37 bits per heavy atom. The zero-order valence-corrected chi connectivity index (χ0v) is 12.2. The van der Waals surface area contributed by atoms with Gasteiger partial charge in [0.15, 0.2) is 0 Å². The molecule has 1 atom stereocenters. The Bertz CT molecular complexity index is 489. The summed E-state index contributed by atoms with van der Waals surface area (Å²) in [5.41, 5.74) is 7.42. The summed E-state index contributed by atoms with van der Waals surface area (Å²) in [5, 5.41) is 0. The average molecular weight is 262 g/mol. The highest BCUT2D eigenvalue weighted by Gasteiger charge is 2.36. The maximum absolute atomic E-state index is 11.7. The number of carbonyl (C=O) groups excluding carboxylic acids is 1. The van der Waals surface area contributed by atoms with Crippen LogP contribution in [0.2, 0.25) is 0 Å². The van der Waals surface area contributed by atoms with Crippen molar-refractivity contribution in [3.05, 3.63) is 29.3 Å². The van der Waals surface area contributed by atoms with Gasteiger partial charge in [0.1, 0.15) is 5.75 Å². The smallest absolute Gasteiger partial charge is 0.293 e. The molecule has 0 bridgehead atoms.